The van der Waals surface area contributed by atoms with E-state index in [1.165, 1.54) is 140 Å². The molecular weight excluding hydrogens is 617 g/mol. The normalized spacial score (nSPS) is 11.1. The number of hydrogen-bond donors (Lipinski definition) is 0. The Kier molecular flexibility index (Phi) is 21.7. The van der Waals surface area contributed by atoms with Crippen LogP contribution >= 0.6 is 0 Å². The van der Waals surface area contributed by atoms with Crippen molar-refractivity contribution in [1.29, 1.82) is 0 Å². The first-order chi connectivity index (χ1) is 24.6. The quantitative estimate of drug-likeness (QED) is 0.0565. The average molecular weight is 683 g/mol. The van der Waals surface area contributed by atoms with Crippen molar-refractivity contribution in [1.82, 2.24) is 0 Å². The molecule has 0 aliphatic rings. The van der Waals surface area contributed by atoms with Crippen LogP contribution in [-0.4, -0.2) is 11.9 Å². The highest BCUT2D eigenvalue weighted by molar-refractivity contribution is 5.93. The average Bonchev–Trinajstić information content (AvgIpc) is 3.15. The zero-order valence-corrected chi connectivity index (χ0v) is 31.5. The van der Waals surface area contributed by atoms with E-state index in [1.807, 2.05) is 24.3 Å². The smallest absolute Gasteiger partial charge is 0.338 e. The van der Waals surface area contributed by atoms with Crippen LogP contribution in [0.3, 0.4) is 0 Å². The van der Waals surface area contributed by atoms with E-state index in [-0.39, 0.29) is 13.2 Å². The summed E-state index contributed by atoms with van der Waals surface area (Å²) in [5.41, 5.74) is 5.43. The van der Waals surface area contributed by atoms with Crippen LogP contribution in [0.15, 0.2) is 72.8 Å². The van der Waals surface area contributed by atoms with E-state index in [4.69, 9.17) is 9.47 Å². The van der Waals surface area contributed by atoms with Gasteiger partial charge in [0.1, 0.15) is 13.2 Å². The molecule has 0 heterocycles. The SMILES string of the molecule is CCCCCCCCCCCCc1ccc(COC(=O)c2ccc(C(=O)OCc3ccc(CCCCCCCCCCCC)cc3)cc2)cc1. The van der Waals surface area contributed by atoms with Crippen molar-refractivity contribution in [3.8, 4) is 0 Å². The molecule has 0 atom stereocenters. The second-order valence-electron chi connectivity index (χ2n) is 14.2. The highest BCUT2D eigenvalue weighted by Crippen LogP contribution is 2.16. The first-order valence-electron chi connectivity index (χ1n) is 20.2. The van der Waals surface area contributed by atoms with Crippen LogP contribution < -0.4 is 0 Å². The molecule has 274 valence electrons. The van der Waals surface area contributed by atoms with Crippen molar-refractivity contribution in [2.75, 3.05) is 0 Å². The van der Waals surface area contributed by atoms with Gasteiger partial charge in [0.2, 0.25) is 0 Å². The Morgan fingerprint density at radius 3 is 0.920 bits per heavy atom. The molecule has 3 aromatic carbocycles. The summed E-state index contributed by atoms with van der Waals surface area (Å²) in [6.07, 6.45) is 29.1. The lowest BCUT2D eigenvalue weighted by atomic mass is 10.0. The predicted octanol–water partition coefficient (Wildman–Crippen LogP) is 13.3. The summed E-state index contributed by atoms with van der Waals surface area (Å²) in [7, 11) is 0. The maximum atomic E-state index is 12.6. The van der Waals surface area contributed by atoms with Crippen LogP contribution in [0.25, 0.3) is 0 Å². The van der Waals surface area contributed by atoms with Gasteiger partial charge >= 0.3 is 11.9 Å². The van der Waals surface area contributed by atoms with Gasteiger partial charge in [0.25, 0.3) is 0 Å². The number of rotatable bonds is 28. The molecule has 0 radical (unpaired) electrons. The van der Waals surface area contributed by atoms with E-state index in [0.717, 1.165) is 24.0 Å². The number of unbranched alkanes of at least 4 members (excludes halogenated alkanes) is 18. The largest absolute Gasteiger partial charge is 0.457 e. The molecule has 0 aromatic heterocycles. The van der Waals surface area contributed by atoms with Gasteiger partial charge in [-0.25, -0.2) is 9.59 Å². The van der Waals surface area contributed by atoms with E-state index in [1.54, 1.807) is 24.3 Å². The number of carbonyl (C=O) groups is 2. The lowest BCUT2D eigenvalue weighted by Gasteiger charge is -2.08. The molecule has 3 rings (SSSR count). The second-order valence-corrected chi connectivity index (χ2v) is 14.2. The molecule has 4 nitrogen and oxygen atoms in total. The van der Waals surface area contributed by atoms with Gasteiger partial charge in [-0.05, 0) is 72.2 Å². The third kappa shape index (κ3) is 18.0. The Bertz CT molecular complexity index is 1190. The molecule has 0 saturated heterocycles. The van der Waals surface area contributed by atoms with Gasteiger partial charge in [-0.15, -0.1) is 0 Å². The Hall–Kier alpha value is -3.40. The Balaban J connectivity index is 1.26. The summed E-state index contributed by atoms with van der Waals surface area (Å²) in [6, 6.07) is 23.2. The van der Waals surface area contributed by atoms with E-state index in [0.29, 0.717) is 11.1 Å². The van der Waals surface area contributed by atoms with Gasteiger partial charge in [-0.1, -0.05) is 178 Å². The molecule has 0 amide bonds. The van der Waals surface area contributed by atoms with Crippen molar-refractivity contribution in [2.45, 2.75) is 168 Å². The molecule has 0 saturated carbocycles. The summed E-state index contributed by atoms with van der Waals surface area (Å²) >= 11 is 0. The first-order valence-corrected chi connectivity index (χ1v) is 20.2. The number of hydrogen-bond acceptors (Lipinski definition) is 4. The number of esters is 2. The van der Waals surface area contributed by atoms with Gasteiger partial charge in [-0.3, -0.25) is 0 Å². The summed E-state index contributed by atoms with van der Waals surface area (Å²) < 4.78 is 11.1. The zero-order valence-electron chi connectivity index (χ0n) is 31.5. The topological polar surface area (TPSA) is 52.6 Å². The molecule has 0 spiro atoms. The standard InChI is InChI=1S/C46H66O4/c1-3-5-7-9-11-13-15-17-19-21-23-39-25-29-41(30-26-39)37-49-45(47)43-33-35-44(36-34-43)46(48)50-38-42-31-27-40(28-32-42)24-22-20-18-16-14-12-10-8-6-4-2/h25-36H,3-24,37-38H2,1-2H3. The fourth-order valence-corrected chi connectivity index (χ4v) is 6.44. The number of benzene rings is 3. The van der Waals surface area contributed by atoms with Crippen LogP contribution in [0, 0.1) is 0 Å². The summed E-state index contributed by atoms with van der Waals surface area (Å²) in [6.45, 7) is 4.98. The van der Waals surface area contributed by atoms with Crippen molar-refractivity contribution in [2.24, 2.45) is 0 Å². The maximum Gasteiger partial charge on any atom is 0.338 e. The molecule has 0 aliphatic carbocycles. The van der Waals surface area contributed by atoms with Crippen LogP contribution in [0.4, 0.5) is 0 Å². The van der Waals surface area contributed by atoms with Gasteiger partial charge in [0.05, 0.1) is 11.1 Å². The molecule has 0 bridgehead atoms. The zero-order chi connectivity index (χ0) is 35.5. The van der Waals surface area contributed by atoms with Crippen LogP contribution in [0.5, 0.6) is 0 Å². The van der Waals surface area contributed by atoms with E-state index in [9.17, 15) is 9.59 Å². The minimum absolute atomic E-state index is 0.221. The van der Waals surface area contributed by atoms with Crippen LogP contribution in [0.1, 0.15) is 185 Å². The molecule has 4 heteroatoms. The highest BCUT2D eigenvalue weighted by Gasteiger charge is 2.12. The van der Waals surface area contributed by atoms with Gasteiger partial charge in [-0.2, -0.15) is 0 Å². The Morgan fingerprint density at radius 2 is 0.620 bits per heavy atom. The van der Waals surface area contributed by atoms with Crippen molar-refractivity contribution in [3.05, 3.63) is 106 Å². The fourth-order valence-electron chi connectivity index (χ4n) is 6.44. The lowest BCUT2D eigenvalue weighted by Crippen LogP contribution is -2.08. The Labute approximate surface area is 304 Å². The fraction of sp³-hybridized carbons (Fsp3) is 0.565. The first kappa shape index (κ1) is 41.0. The maximum absolute atomic E-state index is 12.6. The van der Waals surface area contributed by atoms with E-state index >= 15 is 0 Å². The number of ether oxygens (including phenoxy) is 2. The van der Waals surface area contributed by atoms with Gasteiger partial charge in [0, 0.05) is 0 Å². The monoisotopic (exact) mass is 682 g/mol. The summed E-state index contributed by atoms with van der Waals surface area (Å²) in [4.78, 5) is 25.3. The van der Waals surface area contributed by atoms with Crippen molar-refractivity contribution < 1.29 is 19.1 Å². The number of carbonyl (C=O) groups excluding carboxylic acids is 2. The molecule has 0 N–H and O–H groups in total. The number of aryl methyl sites for hydroxylation is 2. The molecule has 0 aliphatic heterocycles. The highest BCUT2D eigenvalue weighted by atomic mass is 16.5. The molecule has 3 aromatic rings. The molecular formula is C46H66O4. The minimum atomic E-state index is -0.405. The third-order valence-corrected chi connectivity index (χ3v) is 9.78. The molecule has 50 heavy (non-hydrogen) atoms. The summed E-state index contributed by atoms with van der Waals surface area (Å²) in [5, 5.41) is 0. The predicted molar refractivity (Wildman–Crippen MR) is 209 cm³/mol. The Morgan fingerprint density at radius 1 is 0.360 bits per heavy atom. The van der Waals surface area contributed by atoms with Crippen molar-refractivity contribution >= 4 is 11.9 Å². The molecule has 0 fully saturated rings. The summed E-state index contributed by atoms with van der Waals surface area (Å²) in [5.74, 6) is -0.811. The van der Waals surface area contributed by atoms with Crippen molar-refractivity contribution in [3.63, 3.8) is 0 Å². The molecule has 0 unspecified atom stereocenters. The minimum Gasteiger partial charge on any atom is -0.457 e. The van der Waals surface area contributed by atoms with Gasteiger partial charge < -0.3 is 9.47 Å². The lowest BCUT2D eigenvalue weighted by molar-refractivity contribution is 0.0458. The van der Waals surface area contributed by atoms with Crippen LogP contribution in [-0.2, 0) is 35.5 Å². The van der Waals surface area contributed by atoms with Gasteiger partial charge in [0.15, 0.2) is 0 Å². The van der Waals surface area contributed by atoms with E-state index < -0.39 is 11.9 Å². The van der Waals surface area contributed by atoms with Crippen LogP contribution in [0.2, 0.25) is 0 Å². The third-order valence-electron chi connectivity index (χ3n) is 9.78. The second kappa shape index (κ2) is 26.4. The van der Waals surface area contributed by atoms with E-state index in [2.05, 4.69) is 38.1 Å².